The number of nitrogens with one attached hydrogen (secondary N) is 1. The molecule has 30 heavy (non-hydrogen) atoms. The van der Waals surface area contributed by atoms with Crippen molar-refractivity contribution in [2.45, 2.75) is 19.4 Å². The van der Waals surface area contributed by atoms with Gasteiger partial charge in [0, 0.05) is 12.1 Å². The maximum absolute atomic E-state index is 13.1. The lowest BCUT2D eigenvalue weighted by atomic mass is 9.97. The molecule has 8 heteroatoms. The molecule has 0 aliphatic carbocycles. The lowest BCUT2D eigenvalue weighted by Crippen LogP contribution is -2.26. The molecule has 3 aromatic rings. The van der Waals surface area contributed by atoms with E-state index in [1.54, 1.807) is 29.3 Å². The maximum Gasteiger partial charge on any atom is 0.284 e. The number of hydrogen-bond acceptors (Lipinski definition) is 5. The zero-order valence-corrected chi connectivity index (χ0v) is 18.2. The van der Waals surface area contributed by atoms with E-state index < -0.39 is 10.0 Å². The molecule has 1 aromatic heterocycles. The van der Waals surface area contributed by atoms with Crippen LogP contribution in [0.1, 0.15) is 38.8 Å². The van der Waals surface area contributed by atoms with E-state index in [1.165, 1.54) is 11.3 Å². The molecule has 154 valence electrons. The van der Waals surface area contributed by atoms with E-state index in [-0.39, 0.29) is 11.9 Å². The zero-order chi connectivity index (χ0) is 21.3. The summed E-state index contributed by atoms with van der Waals surface area (Å²) >= 11 is 1.39. The number of sulfonamides is 1. The number of aryl methyl sites for hydroxylation is 1. The average Bonchev–Trinajstić information content (AvgIpc) is 3.37. The normalized spacial score (nSPS) is 16.4. The highest BCUT2D eigenvalue weighted by atomic mass is 32.2. The van der Waals surface area contributed by atoms with Crippen molar-refractivity contribution in [1.82, 2.24) is 5.01 Å². The SMILES string of the molecule is Cc1cccc(C2CC(c3cccc(NS(C)(=O)=O)c3)=NN2C(=O)c2cccs2)c1. The molecule has 0 saturated carbocycles. The van der Waals surface area contributed by atoms with Crippen LogP contribution in [0.3, 0.4) is 0 Å². The van der Waals surface area contributed by atoms with Gasteiger partial charge < -0.3 is 0 Å². The van der Waals surface area contributed by atoms with Crippen LogP contribution in [-0.2, 0) is 10.0 Å². The first kappa shape index (κ1) is 20.3. The first-order chi connectivity index (χ1) is 14.3. The first-order valence-corrected chi connectivity index (χ1v) is 12.2. The van der Waals surface area contributed by atoms with E-state index in [9.17, 15) is 13.2 Å². The molecule has 1 amide bonds. The minimum atomic E-state index is -3.38. The Morgan fingerprint density at radius 3 is 2.63 bits per heavy atom. The average molecular weight is 440 g/mol. The largest absolute Gasteiger partial charge is 0.284 e. The molecule has 0 bridgehead atoms. The Hall–Kier alpha value is -2.97. The third-order valence-corrected chi connectivity index (χ3v) is 6.24. The standard InChI is InChI=1S/C22H21N3O3S2/c1-15-6-3-8-17(12-15)20-14-19(23-25(20)22(26)21-10-5-11-29-21)16-7-4-9-18(13-16)24-30(2,27)28/h3-13,20,24H,14H2,1-2H3. The van der Waals surface area contributed by atoms with Crippen molar-refractivity contribution in [3.8, 4) is 0 Å². The van der Waals surface area contributed by atoms with E-state index >= 15 is 0 Å². The van der Waals surface area contributed by atoms with Crippen LogP contribution in [-0.4, -0.2) is 31.3 Å². The predicted molar refractivity (Wildman–Crippen MR) is 120 cm³/mol. The Kier molecular flexibility index (Phi) is 5.44. The fraction of sp³-hybridized carbons (Fsp3) is 0.182. The van der Waals surface area contributed by atoms with Gasteiger partial charge in [-0.1, -0.05) is 48.0 Å². The summed E-state index contributed by atoms with van der Waals surface area (Å²) in [6.07, 6.45) is 1.66. The Morgan fingerprint density at radius 1 is 1.13 bits per heavy atom. The van der Waals surface area contributed by atoms with Gasteiger partial charge in [0.05, 0.1) is 22.9 Å². The lowest BCUT2D eigenvalue weighted by Gasteiger charge is -2.21. The van der Waals surface area contributed by atoms with Crippen molar-refractivity contribution in [3.63, 3.8) is 0 Å². The summed E-state index contributed by atoms with van der Waals surface area (Å²) in [6, 6.07) is 18.6. The smallest absolute Gasteiger partial charge is 0.284 e. The fourth-order valence-electron chi connectivity index (χ4n) is 3.50. The molecule has 2 heterocycles. The third kappa shape index (κ3) is 4.44. The van der Waals surface area contributed by atoms with Gasteiger partial charge in [-0.3, -0.25) is 9.52 Å². The predicted octanol–water partition coefficient (Wildman–Crippen LogP) is 4.42. The number of benzene rings is 2. The molecule has 2 aromatic carbocycles. The monoisotopic (exact) mass is 439 g/mol. The van der Waals surface area contributed by atoms with Gasteiger partial charge in [0.1, 0.15) is 0 Å². The van der Waals surface area contributed by atoms with Crippen molar-refractivity contribution in [3.05, 3.63) is 87.6 Å². The molecule has 0 radical (unpaired) electrons. The number of hydrogen-bond donors (Lipinski definition) is 1. The summed E-state index contributed by atoms with van der Waals surface area (Å²) < 4.78 is 25.7. The van der Waals surface area contributed by atoms with Crippen LogP contribution >= 0.6 is 11.3 Å². The molecule has 1 atom stereocenters. The second kappa shape index (κ2) is 8.04. The molecule has 1 N–H and O–H groups in total. The number of amides is 1. The summed E-state index contributed by atoms with van der Waals surface area (Å²) in [4.78, 5) is 13.8. The lowest BCUT2D eigenvalue weighted by molar-refractivity contribution is 0.0716. The van der Waals surface area contributed by atoms with Crippen molar-refractivity contribution in [1.29, 1.82) is 0 Å². The molecule has 4 rings (SSSR count). The number of rotatable bonds is 5. The highest BCUT2D eigenvalue weighted by Gasteiger charge is 2.34. The van der Waals surface area contributed by atoms with Crippen molar-refractivity contribution >= 4 is 38.7 Å². The second-order valence-electron chi connectivity index (χ2n) is 7.26. The number of carbonyl (C=O) groups excluding carboxylic acids is 1. The van der Waals surface area contributed by atoms with E-state index in [4.69, 9.17) is 0 Å². The van der Waals surface area contributed by atoms with E-state index in [2.05, 4.69) is 15.9 Å². The Morgan fingerprint density at radius 2 is 1.93 bits per heavy atom. The minimum Gasteiger partial charge on any atom is -0.284 e. The first-order valence-electron chi connectivity index (χ1n) is 9.39. The van der Waals surface area contributed by atoms with Crippen LogP contribution in [0, 0.1) is 6.92 Å². The van der Waals surface area contributed by atoms with Gasteiger partial charge in [-0.25, -0.2) is 13.4 Å². The summed E-state index contributed by atoms with van der Waals surface area (Å²) in [5.41, 5.74) is 4.12. The van der Waals surface area contributed by atoms with Crippen molar-refractivity contribution < 1.29 is 13.2 Å². The van der Waals surface area contributed by atoms with Crippen molar-refractivity contribution in [2.24, 2.45) is 5.10 Å². The maximum atomic E-state index is 13.1. The Bertz CT molecular complexity index is 1220. The van der Waals surface area contributed by atoms with Gasteiger partial charge in [-0.15, -0.1) is 11.3 Å². The topological polar surface area (TPSA) is 78.8 Å². The van der Waals surface area contributed by atoms with Gasteiger partial charge >= 0.3 is 0 Å². The molecular weight excluding hydrogens is 418 g/mol. The molecule has 1 unspecified atom stereocenters. The van der Waals surface area contributed by atoms with Crippen LogP contribution in [0.2, 0.25) is 0 Å². The fourth-order valence-corrected chi connectivity index (χ4v) is 4.71. The van der Waals surface area contributed by atoms with Crippen LogP contribution in [0.4, 0.5) is 5.69 Å². The summed E-state index contributed by atoms with van der Waals surface area (Å²) in [6.45, 7) is 2.02. The quantitative estimate of drug-likeness (QED) is 0.639. The third-order valence-electron chi connectivity index (χ3n) is 4.78. The molecule has 1 aliphatic rings. The van der Waals surface area contributed by atoms with Crippen LogP contribution in [0.25, 0.3) is 0 Å². The highest BCUT2D eigenvalue weighted by Crippen LogP contribution is 2.35. The number of hydrazone groups is 1. The molecule has 0 fully saturated rings. The minimum absolute atomic E-state index is 0.142. The zero-order valence-electron chi connectivity index (χ0n) is 16.6. The van der Waals surface area contributed by atoms with Crippen LogP contribution < -0.4 is 4.72 Å². The number of thiophene rings is 1. The van der Waals surface area contributed by atoms with E-state index in [0.717, 1.165) is 28.7 Å². The molecule has 1 aliphatic heterocycles. The van der Waals surface area contributed by atoms with Crippen LogP contribution in [0.15, 0.2) is 71.1 Å². The number of nitrogens with zero attached hydrogens (tertiary/aromatic N) is 2. The summed E-state index contributed by atoms with van der Waals surface area (Å²) in [5.74, 6) is -0.142. The molecular formula is C22H21N3O3S2. The summed E-state index contributed by atoms with van der Waals surface area (Å²) in [5, 5.41) is 8.09. The Balaban J connectivity index is 1.72. The summed E-state index contributed by atoms with van der Waals surface area (Å²) in [7, 11) is -3.38. The van der Waals surface area contributed by atoms with Gasteiger partial charge in [-0.05, 0) is 41.6 Å². The molecule has 0 spiro atoms. The van der Waals surface area contributed by atoms with E-state index in [1.807, 2.05) is 42.6 Å². The van der Waals surface area contributed by atoms with E-state index in [0.29, 0.717) is 17.0 Å². The van der Waals surface area contributed by atoms with Gasteiger partial charge in [0.15, 0.2) is 0 Å². The highest BCUT2D eigenvalue weighted by molar-refractivity contribution is 7.92. The molecule has 6 nitrogen and oxygen atoms in total. The molecule has 0 saturated heterocycles. The van der Waals surface area contributed by atoms with Crippen LogP contribution in [0.5, 0.6) is 0 Å². The number of anilines is 1. The number of carbonyl (C=O) groups is 1. The van der Waals surface area contributed by atoms with Gasteiger partial charge in [0.25, 0.3) is 5.91 Å². The van der Waals surface area contributed by atoms with Gasteiger partial charge in [-0.2, -0.15) is 5.10 Å². The van der Waals surface area contributed by atoms with Gasteiger partial charge in [0.2, 0.25) is 10.0 Å². The second-order valence-corrected chi connectivity index (χ2v) is 9.96. The Labute approximate surface area is 179 Å². The van der Waals surface area contributed by atoms with Crippen molar-refractivity contribution in [2.75, 3.05) is 11.0 Å².